The van der Waals surface area contributed by atoms with Gasteiger partial charge in [0.2, 0.25) is 0 Å². The van der Waals surface area contributed by atoms with Crippen molar-refractivity contribution in [3.8, 4) is 5.75 Å². The van der Waals surface area contributed by atoms with E-state index in [1.165, 1.54) is 42.4 Å². The summed E-state index contributed by atoms with van der Waals surface area (Å²) in [7, 11) is 0. The molecule has 0 saturated carbocycles. The lowest BCUT2D eigenvalue weighted by molar-refractivity contribution is 0.0734. The molecule has 0 amide bonds. The number of rotatable bonds is 8. The summed E-state index contributed by atoms with van der Waals surface area (Å²) in [6.45, 7) is 6.00. The molecule has 2 nitrogen and oxygen atoms in total. The molecule has 0 aliphatic heterocycles. The van der Waals surface area contributed by atoms with E-state index in [9.17, 15) is 4.79 Å². The van der Waals surface area contributed by atoms with Crippen LogP contribution in [0.15, 0.2) is 67.3 Å². The van der Waals surface area contributed by atoms with Crippen molar-refractivity contribution in [1.82, 2.24) is 0 Å². The third-order valence-corrected chi connectivity index (χ3v) is 5.48. The van der Waals surface area contributed by atoms with Crippen LogP contribution >= 0.6 is 0 Å². The fraction of sp³-hybridized carbons (Fsp3) is 0.346. The predicted octanol–water partition coefficient (Wildman–Crippen LogP) is 7.01. The summed E-state index contributed by atoms with van der Waals surface area (Å²) in [6.07, 6.45) is 12.4. The first-order valence-electron chi connectivity index (χ1n) is 10.4. The van der Waals surface area contributed by atoms with Crippen LogP contribution in [0.2, 0.25) is 0 Å². The summed E-state index contributed by atoms with van der Waals surface area (Å²) in [5.41, 5.74) is 4.42. The minimum atomic E-state index is -0.317. The standard InChI is InChI=1S/C26H30O2/c1-3-5-7-21-10-14-24(15-11-21)26(27)28-25-18-16-23(17-19-25)22-12-8-20(6-4-2)9-13-22/h3,10-12,14-20H,1,4-9,13H2,2H3. The average molecular weight is 375 g/mol. The van der Waals surface area contributed by atoms with Gasteiger partial charge < -0.3 is 4.74 Å². The van der Waals surface area contributed by atoms with Gasteiger partial charge >= 0.3 is 5.97 Å². The van der Waals surface area contributed by atoms with Crippen molar-refractivity contribution in [3.05, 3.63) is 84.0 Å². The van der Waals surface area contributed by atoms with Gasteiger partial charge in [-0.15, -0.1) is 6.58 Å². The SMILES string of the molecule is C=CCCc1ccc(C(=O)Oc2ccc(C3=CCC(CCC)CC3)cc2)cc1. The summed E-state index contributed by atoms with van der Waals surface area (Å²) < 4.78 is 5.54. The smallest absolute Gasteiger partial charge is 0.343 e. The molecule has 3 rings (SSSR count). The highest BCUT2D eigenvalue weighted by Crippen LogP contribution is 2.33. The second kappa shape index (κ2) is 10.1. The lowest BCUT2D eigenvalue weighted by Gasteiger charge is -2.21. The molecule has 146 valence electrons. The minimum Gasteiger partial charge on any atom is -0.423 e. The number of hydrogen-bond donors (Lipinski definition) is 0. The topological polar surface area (TPSA) is 26.3 Å². The Morgan fingerprint density at radius 3 is 2.50 bits per heavy atom. The first-order chi connectivity index (χ1) is 13.7. The number of aryl methyl sites for hydroxylation is 1. The van der Waals surface area contributed by atoms with Gasteiger partial charge in [0.05, 0.1) is 5.56 Å². The quantitative estimate of drug-likeness (QED) is 0.282. The minimum absolute atomic E-state index is 0.317. The molecule has 0 fully saturated rings. The van der Waals surface area contributed by atoms with E-state index in [1.807, 2.05) is 42.5 Å². The first-order valence-corrected chi connectivity index (χ1v) is 10.4. The van der Waals surface area contributed by atoms with E-state index in [0.29, 0.717) is 11.3 Å². The van der Waals surface area contributed by atoms with Crippen LogP contribution in [0, 0.1) is 5.92 Å². The van der Waals surface area contributed by atoms with Gasteiger partial charge in [-0.1, -0.05) is 56.2 Å². The second-order valence-electron chi connectivity index (χ2n) is 7.60. The average Bonchev–Trinajstić information content (AvgIpc) is 2.74. The maximum absolute atomic E-state index is 12.4. The Bertz CT molecular complexity index is 813. The van der Waals surface area contributed by atoms with Gasteiger partial charge in [0.1, 0.15) is 5.75 Å². The molecule has 0 saturated heterocycles. The van der Waals surface area contributed by atoms with Crippen LogP contribution in [0.4, 0.5) is 0 Å². The van der Waals surface area contributed by atoms with E-state index in [0.717, 1.165) is 25.2 Å². The third-order valence-electron chi connectivity index (χ3n) is 5.48. The van der Waals surface area contributed by atoms with Crippen LogP contribution in [0.3, 0.4) is 0 Å². The fourth-order valence-corrected chi connectivity index (χ4v) is 3.80. The van der Waals surface area contributed by atoms with Crippen LogP contribution in [0.25, 0.3) is 5.57 Å². The van der Waals surface area contributed by atoms with Gasteiger partial charge in [0, 0.05) is 0 Å². The Labute approximate surface area is 168 Å². The zero-order valence-electron chi connectivity index (χ0n) is 16.8. The van der Waals surface area contributed by atoms with Gasteiger partial charge in [0.25, 0.3) is 0 Å². The molecular formula is C26H30O2. The summed E-state index contributed by atoms with van der Waals surface area (Å²) >= 11 is 0. The fourth-order valence-electron chi connectivity index (χ4n) is 3.80. The molecular weight excluding hydrogens is 344 g/mol. The van der Waals surface area contributed by atoms with Crippen molar-refractivity contribution in [1.29, 1.82) is 0 Å². The maximum atomic E-state index is 12.4. The molecule has 0 bridgehead atoms. The molecule has 1 atom stereocenters. The molecule has 0 N–H and O–H groups in total. The van der Waals surface area contributed by atoms with E-state index in [1.54, 1.807) is 0 Å². The zero-order chi connectivity index (χ0) is 19.8. The Kier molecular flexibility index (Phi) is 7.25. The van der Waals surface area contributed by atoms with Crippen LogP contribution in [0.1, 0.15) is 66.9 Å². The number of esters is 1. The highest BCUT2D eigenvalue weighted by atomic mass is 16.5. The van der Waals surface area contributed by atoms with E-state index in [4.69, 9.17) is 4.74 Å². The molecule has 0 spiro atoms. The number of hydrogen-bond acceptors (Lipinski definition) is 2. The Morgan fingerprint density at radius 1 is 1.14 bits per heavy atom. The molecule has 28 heavy (non-hydrogen) atoms. The molecule has 0 aromatic heterocycles. The van der Waals surface area contributed by atoms with Crippen molar-refractivity contribution < 1.29 is 9.53 Å². The summed E-state index contributed by atoms with van der Waals surface area (Å²) in [4.78, 5) is 12.4. The largest absolute Gasteiger partial charge is 0.423 e. The van der Waals surface area contributed by atoms with Gasteiger partial charge in [0.15, 0.2) is 0 Å². The van der Waals surface area contributed by atoms with Crippen molar-refractivity contribution in [2.24, 2.45) is 5.92 Å². The molecule has 0 radical (unpaired) electrons. The van der Waals surface area contributed by atoms with E-state index >= 15 is 0 Å². The van der Waals surface area contributed by atoms with Gasteiger partial charge in [-0.2, -0.15) is 0 Å². The molecule has 2 aromatic carbocycles. The number of carbonyl (C=O) groups excluding carboxylic acids is 1. The Balaban J connectivity index is 1.58. The number of carbonyl (C=O) groups is 1. The first kappa shape index (κ1) is 20.1. The predicted molar refractivity (Wildman–Crippen MR) is 117 cm³/mol. The molecule has 2 aromatic rings. The lowest BCUT2D eigenvalue weighted by Crippen LogP contribution is -2.08. The van der Waals surface area contributed by atoms with Crippen LogP contribution in [-0.2, 0) is 6.42 Å². The summed E-state index contributed by atoms with van der Waals surface area (Å²) in [6, 6.07) is 15.5. The van der Waals surface area contributed by atoms with Crippen LogP contribution < -0.4 is 4.74 Å². The zero-order valence-corrected chi connectivity index (χ0v) is 16.8. The number of allylic oxidation sites excluding steroid dienone is 3. The highest BCUT2D eigenvalue weighted by Gasteiger charge is 2.15. The van der Waals surface area contributed by atoms with Crippen LogP contribution in [-0.4, -0.2) is 5.97 Å². The Hall–Kier alpha value is -2.61. The second-order valence-corrected chi connectivity index (χ2v) is 7.60. The summed E-state index contributed by atoms with van der Waals surface area (Å²) in [5.74, 6) is 1.12. The highest BCUT2D eigenvalue weighted by molar-refractivity contribution is 5.91. The van der Waals surface area contributed by atoms with Gasteiger partial charge in [-0.3, -0.25) is 0 Å². The van der Waals surface area contributed by atoms with E-state index < -0.39 is 0 Å². The Morgan fingerprint density at radius 2 is 1.89 bits per heavy atom. The van der Waals surface area contributed by atoms with E-state index in [-0.39, 0.29) is 5.97 Å². The van der Waals surface area contributed by atoms with Crippen molar-refractivity contribution in [3.63, 3.8) is 0 Å². The summed E-state index contributed by atoms with van der Waals surface area (Å²) in [5, 5.41) is 0. The normalized spacial score (nSPS) is 16.3. The molecule has 1 aliphatic carbocycles. The van der Waals surface area contributed by atoms with Gasteiger partial charge in [-0.05, 0) is 79.0 Å². The molecule has 2 heteroatoms. The van der Waals surface area contributed by atoms with Crippen LogP contribution in [0.5, 0.6) is 5.75 Å². The monoisotopic (exact) mass is 374 g/mol. The third kappa shape index (κ3) is 5.45. The van der Waals surface area contributed by atoms with Crippen molar-refractivity contribution in [2.75, 3.05) is 0 Å². The number of ether oxygens (including phenoxy) is 1. The maximum Gasteiger partial charge on any atom is 0.343 e. The van der Waals surface area contributed by atoms with Crippen molar-refractivity contribution in [2.45, 2.75) is 51.9 Å². The molecule has 1 unspecified atom stereocenters. The molecule has 1 aliphatic rings. The van der Waals surface area contributed by atoms with Crippen molar-refractivity contribution >= 4 is 11.5 Å². The van der Waals surface area contributed by atoms with Gasteiger partial charge in [-0.25, -0.2) is 4.79 Å². The molecule has 0 heterocycles. The number of benzene rings is 2. The van der Waals surface area contributed by atoms with E-state index in [2.05, 4.69) is 31.7 Å². The lowest BCUT2D eigenvalue weighted by atomic mass is 9.84.